The average molecular weight is 750 g/mol. The van der Waals surface area contributed by atoms with Crippen LogP contribution in [0, 0.1) is 0 Å². The highest BCUT2D eigenvalue weighted by molar-refractivity contribution is 7.80. The highest BCUT2D eigenvalue weighted by Gasteiger charge is 2.53. The summed E-state index contributed by atoms with van der Waals surface area (Å²) in [6.45, 7) is 16.7. The van der Waals surface area contributed by atoms with E-state index in [1.165, 1.54) is 112 Å². The molecule has 0 saturated carbocycles. The van der Waals surface area contributed by atoms with Crippen molar-refractivity contribution in [2.45, 2.75) is 111 Å². The van der Waals surface area contributed by atoms with Crippen LogP contribution in [0.5, 0.6) is 0 Å². The van der Waals surface area contributed by atoms with Crippen LogP contribution >= 0.6 is 0 Å². The predicted octanol–water partition coefficient (Wildman–Crippen LogP) is 5.33. The summed E-state index contributed by atoms with van der Waals surface area (Å²) in [7, 11) is -2.16. The molecule has 3 heterocycles. The number of amidine groups is 1. The number of nitrogens with zero attached hydrogens (tertiary/aromatic N) is 6. The van der Waals surface area contributed by atoms with Crippen LogP contribution in [0.2, 0.25) is 0 Å². The van der Waals surface area contributed by atoms with Gasteiger partial charge >= 0.3 is 12.0 Å². The van der Waals surface area contributed by atoms with Gasteiger partial charge in [0.1, 0.15) is 12.1 Å². The minimum atomic E-state index is -5.20. The number of ether oxygens (including phenoxy) is 1. The Bertz CT molecular complexity index is 1520. The minimum Gasteiger partial charge on any atom is -0.724 e. The second-order valence-corrected chi connectivity index (χ2v) is 14.5. The van der Waals surface area contributed by atoms with E-state index in [4.69, 9.17) is 9.57 Å². The smallest absolute Gasteiger partial charge is 0.360 e. The fourth-order valence-corrected chi connectivity index (χ4v) is 6.98. The van der Waals surface area contributed by atoms with Crippen LogP contribution in [0.1, 0.15) is 115 Å². The Morgan fingerprint density at radius 2 is 1.58 bits per heavy atom. The molecule has 52 heavy (non-hydrogen) atoms. The van der Waals surface area contributed by atoms with Gasteiger partial charge in [0.2, 0.25) is 10.4 Å². The summed E-state index contributed by atoms with van der Waals surface area (Å²) in [6, 6.07) is 6.62. The van der Waals surface area contributed by atoms with Crippen LogP contribution in [0.3, 0.4) is 0 Å². The van der Waals surface area contributed by atoms with Gasteiger partial charge < -0.3 is 23.5 Å². The highest BCUT2D eigenvalue weighted by Crippen LogP contribution is 2.44. The first kappa shape index (κ1) is 42.8. The molecule has 2 aliphatic rings. The predicted molar refractivity (Wildman–Crippen MR) is 196 cm³/mol. The van der Waals surface area contributed by atoms with E-state index < -0.39 is 40.6 Å². The molecular weight excluding hydrogens is 691 g/mol. The zero-order valence-corrected chi connectivity index (χ0v) is 32.8. The number of carbonyl (C=O) groups is 2. The third-order valence-corrected chi connectivity index (χ3v) is 9.92. The summed E-state index contributed by atoms with van der Waals surface area (Å²) in [5, 5.41) is 4.68. The lowest BCUT2D eigenvalue weighted by Crippen LogP contribution is -2.50. The SMILES string of the molecule is CCCC[N+](CCCC)(CCCC)CCCC.CN=C(NOC(=O)C(C)OCc1ccccc1)[C@@H]1c2c(cnn2C)[C@@H]2CN1C(=O)N2OS(=O)(=O)[O-]. The van der Waals surface area contributed by atoms with Crippen molar-refractivity contribution in [1.82, 2.24) is 25.2 Å². The maximum atomic E-state index is 12.9. The van der Waals surface area contributed by atoms with Crippen molar-refractivity contribution < 1.29 is 40.9 Å². The molecule has 3 atom stereocenters. The fourth-order valence-electron chi connectivity index (χ4n) is 6.62. The Morgan fingerprint density at radius 1 is 1.02 bits per heavy atom. The van der Waals surface area contributed by atoms with Gasteiger partial charge in [-0.2, -0.15) is 14.4 Å². The van der Waals surface area contributed by atoms with E-state index in [2.05, 4.69) is 47.5 Å². The number of carbonyl (C=O) groups excluding carboxylic acids is 2. The van der Waals surface area contributed by atoms with Gasteiger partial charge in [-0.05, 0) is 38.2 Å². The molecule has 16 heteroatoms. The first-order chi connectivity index (χ1) is 24.8. The number of benzene rings is 1. The molecule has 2 amide bonds. The van der Waals surface area contributed by atoms with E-state index in [1.807, 2.05) is 30.3 Å². The topological polar surface area (TPSA) is 168 Å². The number of aromatic nitrogens is 2. The third kappa shape index (κ3) is 11.7. The molecule has 1 N–H and O–H groups in total. The van der Waals surface area contributed by atoms with Crippen LogP contribution < -0.4 is 5.48 Å². The zero-order chi connectivity index (χ0) is 38.3. The zero-order valence-electron chi connectivity index (χ0n) is 32.0. The van der Waals surface area contributed by atoms with Gasteiger partial charge in [0.15, 0.2) is 11.9 Å². The Morgan fingerprint density at radius 3 is 2.08 bits per heavy atom. The van der Waals surface area contributed by atoms with Gasteiger partial charge in [0, 0.05) is 19.7 Å². The van der Waals surface area contributed by atoms with Crippen molar-refractivity contribution in [3.05, 3.63) is 53.3 Å². The molecule has 4 rings (SSSR count). The maximum absolute atomic E-state index is 12.9. The second-order valence-electron chi connectivity index (χ2n) is 13.5. The van der Waals surface area contributed by atoms with Crippen molar-refractivity contribution in [2.75, 3.05) is 39.8 Å². The Balaban J connectivity index is 0.000000363. The van der Waals surface area contributed by atoms with E-state index in [0.29, 0.717) is 16.3 Å². The molecule has 1 fully saturated rings. The number of hydrogen-bond acceptors (Lipinski definition) is 10. The molecule has 0 radical (unpaired) electrons. The second kappa shape index (κ2) is 20.6. The van der Waals surface area contributed by atoms with Crippen molar-refractivity contribution in [2.24, 2.45) is 12.0 Å². The molecule has 1 aromatic heterocycles. The number of nitrogens with one attached hydrogen (secondary N) is 1. The van der Waals surface area contributed by atoms with Crippen LogP contribution in [-0.2, 0) is 42.7 Å². The van der Waals surface area contributed by atoms with Crippen LogP contribution in [0.15, 0.2) is 41.5 Å². The van der Waals surface area contributed by atoms with Crippen LogP contribution in [0.4, 0.5) is 4.79 Å². The van der Waals surface area contributed by atoms with Gasteiger partial charge in [0.25, 0.3) is 0 Å². The summed E-state index contributed by atoms with van der Waals surface area (Å²) >= 11 is 0. The van der Waals surface area contributed by atoms with Gasteiger partial charge in [-0.15, -0.1) is 0 Å². The van der Waals surface area contributed by atoms with Gasteiger partial charge in [-0.3, -0.25) is 9.67 Å². The number of hydrogen-bond donors (Lipinski definition) is 1. The van der Waals surface area contributed by atoms with E-state index >= 15 is 0 Å². The quantitative estimate of drug-likeness (QED) is 0.0495. The lowest BCUT2D eigenvalue weighted by molar-refractivity contribution is -0.929. The largest absolute Gasteiger partial charge is 0.724 e. The van der Waals surface area contributed by atoms with E-state index in [-0.39, 0.29) is 19.0 Å². The van der Waals surface area contributed by atoms with Crippen LogP contribution in [-0.4, -0.2) is 101 Å². The highest BCUT2D eigenvalue weighted by atomic mass is 32.3. The van der Waals surface area contributed by atoms with E-state index in [9.17, 15) is 22.6 Å². The standard InChI is InChI=1S/C20H24N6O8S.C16H36N/c1-12(32-11-13-7-5-4-6-8-13)19(27)33-23-18(21-2)17-16-14(9-22-24(16)3)15-10-25(17)20(28)26(15)34-35(29,30)31;1-5-9-13-17(14-10-6-2,15-11-7-3)16-12-8-4/h4-9,12,15,17H,10-11H2,1-3H3,(H,21,23)(H,29,30,31);5-16H2,1-4H3/q;+1/p-1/t12?,15-,17-;/m0./s1. The number of fused-ring (bicyclic) bond motifs is 4. The maximum Gasteiger partial charge on any atom is 0.360 e. The van der Waals surface area contributed by atoms with E-state index in [1.54, 1.807) is 7.05 Å². The van der Waals surface area contributed by atoms with Crippen molar-refractivity contribution >= 4 is 28.2 Å². The number of amides is 2. The molecule has 292 valence electrons. The van der Waals surface area contributed by atoms with Gasteiger partial charge in [-0.1, -0.05) is 83.7 Å². The summed E-state index contributed by atoms with van der Waals surface area (Å²) in [4.78, 5) is 35.9. The lowest BCUT2D eigenvalue weighted by Gasteiger charge is -2.39. The van der Waals surface area contributed by atoms with Gasteiger partial charge in [-0.25, -0.2) is 23.5 Å². The van der Waals surface area contributed by atoms with Gasteiger partial charge in [0.05, 0.1) is 51.2 Å². The lowest BCUT2D eigenvalue weighted by atomic mass is 9.97. The fraction of sp³-hybridized carbons (Fsp3) is 0.667. The average Bonchev–Trinajstić information content (AvgIpc) is 3.65. The molecule has 1 unspecified atom stereocenters. The molecule has 0 aliphatic carbocycles. The van der Waals surface area contributed by atoms with Crippen molar-refractivity contribution in [3.8, 4) is 0 Å². The third-order valence-electron chi connectivity index (χ3n) is 9.58. The Kier molecular flexibility index (Phi) is 17.0. The summed E-state index contributed by atoms with van der Waals surface area (Å²) in [5.41, 5.74) is 4.30. The number of aryl methyl sites for hydroxylation is 1. The molecule has 2 aliphatic heterocycles. The Hall–Kier alpha value is -3.57. The van der Waals surface area contributed by atoms with Crippen molar-refractivity contribution in [1.29, 1.82) is 0 Å². The minimum absolute atomic E-state index is 0.0110. The normalized spacial score (nSPS) is 17.8. The molecule has 1 aromatic carbocycles. The molecule has 15 nitrogen and oxygen atoms in total. The first-order valence-electron chi connectivity index (χ1n) is 18.6. The van der Waals surface area contributed by atoms with Crippen molar-refractivity contribution in [3.63, 3.8) is 0 Å². The molecule has 2 aromatic rings. The summed E-state index contributed by atoms with van der Waals surface area (Å²) < 4.78 is 46.4. The number of hydroxylamine groups is 3. The number of urea groups is 1. The molecule has 1 saturated heterocycles. The molecule has 2 bridgehead atoms. The number of rotatable bonds is 19. The number of aliphatic imine (C=N–C) groups is 1. The Labute approximate surface area is 309 Å². The number of quaternary nitrogens is 1. The molecular formula is C36H59N7O8S. The number of unbranched alkanes of at least 4 members (excludes halogenated alkanes) is 4. The van der Waals surface area contributed by atoms with E-state index in [0.717, 1.165) is 5.56 Å². The summed E-state index contributed by atoms with van der Waals surface area (Å²) in [5.74, 6) is -0.659. The first-order valence-corrected chi connectivity index (χ1v) is 19.9. The molecule has 0 spiro atoms. The van der Waals surface area contributed by atoms with Crippen LogP contribution in [0.25, 0.3) is 0 Å². The summed E-state index contributed by atoms with van der Waals surface area (Å²) in [6.07, 6.45) is 11.6. The monoisotopic (exact) mass is 749 g/mol.